The lowest BCUT2D eigenvalue weighted by Gasteiger charge is -2.29. The normalized spacial score (nSPS) is 13.2. The zero-order valence-electron chi connectivity index (χ0n) is 14.5. The van der Waals surface area contributed by atoms with Gasteiger partial charge in [-0.1, -0.05) is 18.2 Å². The van der Waals surface area contributed by atoms with Gasteiger partial charge in [0, 0.05) is 18.7 Å². The van der Waals surface area contributed by atoms with Crippen molar-refractivity contribution in [2.75, 3.05) is 23.4 Å². The zero-order valence-corrected chi connectivity index (χ0v) is 14.5. The average Bonchev–Trinajstić information content (AvgIpc) is 2.60. The summed E-state index contributed by atoms with van der Waals surface area (Å²) >= 11 is 0. The van der Waals surface area contributed by atoms with Crippen LogP contribution in [0, 0.1) is 13.8 Å². The number of para-hydroxylation sites is 2. The van der Waals surface area contributed by atoms with Gasteiger partial charge in [0.15, 0.2) is 6.61 Å². The van der Waals surface area contributed by atoms with Crippen LogP contribution in [0.5, 0.6) is 5.75 Å². The summed E-state index contributed by atoms with van der Waals surface area (Å²) in [6, 6.07) is 13.3. The molecule has 2 aromatic rings. The van der Waals surface area contributed by atoms with E-state index in [1.165, 1.54) is 5.56 Å². The zero-order chi connectivity index (χ0) is 17.8. The van der Waals surface area contributed by atoms with Crippen LogP contribution in [0.1, 0.15) is 24.0 Å². The Kier molecular flexibility index (Phi) is 5.03. The molecule has 0 atom stereocenters. The Balaban J connectivity index is 1.55. The quantitative estimate of drug-likeness (QED) is 0.908. The molecule has 130 valence electrons. The number of nitrogens with one attached hydrogen (secondary N) is 1. The summed E-state index contributed by atoms with van der Waals surface area (Å²) in [7, 11) is 0. The van der Waals surface area contributed by atoms with E-state index in [1.807, 2.05) is 56.3 Å². The number of carbonyl (C=O) groups excluding carboxylic acids is 2. The minimum absolute atomic E-state index is 0.0442. The molecule has 0 spiro atoms. The maximum absolute atomic E-state index is 12.1. The monoisotopic (exact) mass is 338 g/mol. The summed E-state index contributed by atoms with van der Waals surface area (Å²) in [4.78, 5) is 25.9. The van der Waals surface area contributed by atoms with Gasteiger partial charge in [0.05, 0.1) is 5.69 Å². The molecule has 0 saturated carbocycles. The second-order valence-corrected chi connectivity index (χ2v) is 6.25. The first-order valence-electron chi connectivity index (χ1n) is 8.44. The van der Waals surface area contributed by atoms with Crippen LogP contribution < -0.4 is 15.0 Å². The van der Waals surface area contributed by atoms with E-state index >= 15 is 0 Å². The number of benzene rings is 2. The van der Waals surface area contributed by atoms with E-state index in [1.54, 1.807) is 4.90 Å². The number of fused-ring (bicyclic) bond motifs is 1. The highest BCUT2D eigenvalue weighted by molar-refractivity contribution is 5.98. The van der Waals surface area contributed by atoms with E-state index in [-0.39, 0.29) is 18.4 Å². The summed E-state index contributed by atoms with van der Waals surface area (Å²) in [5.74, 6) is 0.590. The van der Waals surface area contributed by atoms with Crippen LogP contribution in [-0.4, -0.2) is 25.0 Å². The van der Waals surface area contributed by atoms with Gasteiger partial charge in [0.1, 0.15) is 5.75 Å². The van der Waals surface area contributed by atoms with E-state index in [2.05, 4.69) is 5.32 Å². The molecule has 3 rings (SSSR count). The number of aryl methyl sites for hydroxylation is 2. The maximum Gasteiger partial charge on any atom is 0.265 e. The summed E-state index contributed by atoms with van der Waals surface area (Å²) in [5, 5.41) is 2.91. The van der Waals surface area contributed by atoms with Crippen LogP contribution >= 0.6 is 0 Å². The number of nitrogens with zero attached hydrogens (tertiary/aromatic N) is 1. The van der Waals surface area contributed by atoms with Gasteiger partial charge < -0.3 is 15.0 Å². The van der Waals surface area contributed by atoms with Crippen LogP contribution in [0.2, 0.25) is 0 Å². The predicted octanol–water partition coefficient (Wildman–Crippen LogP) is 3.45. The minimum atomic E-state index is -0.0757. The van der Waals surface area contributed by atoms with Gasteiger partial charge >= 0.3 is 0 Å². The largest absolute Gasteiger partial charge is 0.482 e. The van der Waals surface area contributed by atoms with Gasteiger partial charge in [-0.25, -0.2) is 0 Å². The predicted molar refractivity (Wildman–Crippen MR) is 98.1 cm³/mol. The first-order chi connectivity index (χ1) is 12.0. The number of anilines is 2. The van der Waals surface area contributed by atoms with Gasteiger partial charge in [0.25, 0.3) is 5.91 Å². The Labute approximate surface area is 147 Å². The average molecular weight is 338 g/mol. The van der Waals surface area contributed by atoms with Crippen molar-refractivity contribution < 1.29 is 14.3 Å². The van der Waals surface area contributed by atoms with Gasteiger partial charge in [0.2, 0.25) is 5.91 Å². The van der Waals surface area contributed by atoms with Crippen LogP contribution in [0.4, 0.5) is 11.4 Å². The van der Waals surface area contributed by atoms with Gasteiger partial charge in [-0.05, 0) is 55.7 Å². The van der Waals surface area contributed by atoms with Crippen molar-refractivity contribution >= 4 is 23.2 Å². The summed E-state index contributed by atoms with van der Waals surface area (Å²) in [5.41, 5.74) is 3.92. The highest BCUT2D eigenvalue weighted by Crippen LogP contribution is 2.31. The number of ether oxygens (including phenoxy) is 1. The van der Waals surface area contributed by atoms with Crippen molar-refractivity contribution in [2.45, 2.75) is 26.7 Å². The van der Waals surface area contributed by atoms with E-state index < -0.39 is 0 Å². The molecule has 1 aliphatic heterocycles. The molecule has 2 aromatic carbocycles. The smallest absolute Gasteiger partial charge is 0.265 e. The molecule has 2 amide bonds. The third-order valence-electron chi connectivity index (χ3n) is 4.38. The van der Waals surface area contributed by atoms with Crippen molar-refractivity contribution in [2.24, 2.45) is 0 Å². The van der Waals surface area contributed by atoms with E-state index in [0.29, 0.717) is 25.1 Å². The van der Waals surface area contributed by atoms with Crippen LogP contribution in [-0.2, 0) is 9.59 Å². The second-order valence-electron chi connectivity index (χ2n) is 6.25. The molecule has 1 heterocycles. The Bertz CT molecular complexity index is 801. The summed E-state index contributed by atoms with van der Waals surface area (Å²) in [6.45, 7) is 4.61. The molecule has 0 radical (unpaired) electrons. The Morgan fingerprint density at radius 1 is 1.16 bits per heavy atom. The number of amides is 2. The Hall–Kier alpha value is -2.82. The van der Waals surface area contributed by atoms with Gasteiger partial charge in [-0.15, -0.1) is 0 Å². The van der Waals surface area contributed by atoms with Crippen LogP contribution in [0.3, 0.4) is 0 Å². The molecule has 0 aromatic heterocycles. The molecule has 1 N–H and O–H groups in total. The molecule has 5 nitrogen and oxygen atoms in total. The standard InChI is InChI=1S/C20H22N2O3/c1-14-9-10-16(12-15(14)2)21-19(23)8-5-11-22-17-6-3-4-7-18(17)25-13-20(22)24/h3-4,6-7,9-10,12H,5,8,11,13H2,1-2H3,(H,21,23). The minimum Gasteiger partial charge on any atom is -0.482 e. The lowest BCUT2D eigenvalue weighted by molar-refractivity contribution is -0.121. The molecule has 0 aliphatic carbocycles. The molecule has 0 unspecified atom stereocenters. The van der Waals surface area contributed by atoms with Crippen molar-refractivity contribution in [3.8, 4) is 5.75 Å². The molecular weight excluding hydrogens is 316 g/mol. The van der Waals surface area contributed by atoms with E-state index in [4.69, 9.17) is 4.74 Å². The molecule has 0 fully saturated rings. The van der Waals surface area contributed by atoms with Gasteiger partial charge in [-0.2, -0.15) is 0 Å². The first-order valence-corrected chi connectivity index (χ1v) is 8.44. The number of carbonyl (C=O) groups is 2. The molecule has 0 saturated heterocycles. The van der Waals surface area contributed by atoms with Crippen LogP contribution in [0.25, 0.3) is 0 Å². The van der Waals surface area contributed by atoms with Crippen LogP contribution in [0.15, 0.2) is 42.5 Å². The van der Waals surface area contributed by atoms with Crippen molar-refractivity contribution in [3.63, 3.8) is 0 Å². The molecule has 1 aliphatic rings. The third-order valence-corrected chi connectivity index (χ3v) is 4.38. The second kappa shape index (κ2) is 7.38. The fourth-order valence-corrected chi connectivity index (χ4v) is 2.84. The number of hydrogen-bond acceptors (Lipinski definition) is 3. The lowest BCUT2D eigenvalue weighted by atomic mass is 10.1. The Morgan fingerprint density at radius 3 is 2.76 bits per heavy atom. The van der Waals surface area contributed by atoms with Crippen molar-refractivity contribution in [1.29, 1.82) is 0 Å². The third kappa shape index (κ3) is 3.99. The number of rotatable bonds is 5. The fraction of sp³-hybridized carbons (Fsp3) is 0.300. The molecule has 25 heavy (non-hydrogen) atoms. The van der Waals surface area contributed by atoms with E-state index in [9.17, 15) is 9.59 Å². The highest BCUT2D eigenvalue weighted by Gasteiger charge is 2.24. The summed E-state index contributed by atoms with van der Waals surface area (Å²) < 4.78 is 5.42. The van der Waals surface area contributed by atoms with Crippen molar-refractivity contribution in [1.82, 2.24) is 0 Å². The first kappa shape index (κ1) is 17.0. The topological polar surface area (TPSA) is 58.6 Å². The molecule has 5 heteroatoms. The summed E-state index contributed by atoms with van der Waals surface area (Å²) in [6.07, 6.45) is 0.955. The maximum atomic E-state index is 12.1. The SMILES string of the molecule is Cc1ccc(NC(=O)CCCN2C(=O)COc3ccccc32)cc1C. The van der Waals surface area contributed by atoms with Gasteiger partial charge in [-0.3, -0.25) is 9.59 Å². The lowest BCUT2D eigenvalue weighted by Crippen LogP contribution is -2.39. The van der Waals surface area contributed by atoms with E-state index in [0.717, 1.165) is 16.9 Å². The fourth-order valence-electron chi connectivity index (χ4n) is 2.84. The van der Waals surface area contributed by atoms with Crippen molar-refractivity contribution in [3.05, 3.63) is 53.6 Å². The molecular formula is C20H22N2O3. The Morgan fingerprint density at radius 2 is 1.96 bits per heavy atom. The molecule has 0 bridgehead atoms. The highest BCUT2D eigenvalue weighted by atomic mass is 16.5. The number of hydrogen-bond donors (Lipinski definition) is 1.